The zero-order valence-electron chi connectivity index (χ0n) is 11.7. The number of aliphatic hydroxyl groups is 1. The smallest absolute Gasteiger partial charge is 0.215 e. The van der Waals surface area contributed by atoms with Crippen molar-refractivity contribution >= 4 is 11.3 Å². The molecule has 0 aliphatic carbocycles. The molecule has 2 aromatic rings. The monoisotopic (exact) mass is 263 g/mol. The highest BCUT2D eigenvalue weighted by molar-refractivity contribution is 6.14. The third kappa shape index (κ3) is 1.94. The average molecular weight is 263 g/mol. The maximum atomic E-state index is 10.3. The fourth-order valence-electron chi connectivity index (χ4n) is 2.82. The van der Waals surface area contributed by atoms with E-state index in [4.69, 9.17) is 0 Å². The van der Waals surface area contributed by atoms with Crippen LogP contribution in [0.2, 0.25) is 0 Å². The lowest BCUT2D eigenvalue weighted by Gasteiger charge is -2.25. The van der Waals surface area contributed by atoms with E-state index in [-0.39, 0.29) is 11.3 Å². The minimum absolute atomic E-state index is 0.125. The number of rotatable bonds is 2. The Morgan fingerprint density at radius 3 is 1.85 bits per heavy atom. The summed E-state index contributed by atoms with van der Waals surface area (Å²) < 4.78 is 0. The molecule has 0 aromatic heterocycles. The Morgan fingerprint density at radius 2 is 1.30 bits per heavy atom. The van der Waals surface area contributed by atoms with Crippen LogP contribution in [0.15, 0.2) is 71.5 Å². The van der Waals surface area contributed by atoms with Crippen molar-refractivity contribution in [3.05, 3.63) is 77.7 Å². The van der Waals surface area contributed by atoms with Crippen molar-refractivity contribution in [2.75, 3.05) is 0 Å². The van der Waals surface area contributed by atoms with Gasteiger partial charge in [0.05, 0.1) is 5.71 Å². The number of benzene rings is 2. The summed E-state index contributed by atoms with van der Waals surface area (Å²) in [7, 11) is 0. The van der Waals surface area contributed by atoms with E-state index in [1.807, 2.05) is 60.7 Å². The standard InChI is InChI=1S/C18H17NO/c1-18(2)15(13-9-5-3-6-10-13)17(20)19-16(18)14-11-7-4-8-12-14/h3-12,20H,1-2H3. The number of hydrogen-bond donors (Lipinski definition) is 1. The fourth-order valence-corrected chi connectivity index (χ4v) is 2.82. The molecule has 0 radical (unpaired) electrons. The number of hydrogen-bond acceptors (Lipinski definition) is 2. The second-order valence-corrected chi connectivity index (χ2v) is 5.52. The van der Waals surface area contributed by atoms with Gasteiger partial charge in [-0.25, -0.2) is 4.99 Å². The molecule has 2 nitrogen and oxygen atoms in total. The third-order valence-corrected chi connectivity index (χ3v) is 3.77. The molecular formula is C18H17NO. The summed E-state index contributed by atoms with van der Waals surface area (Å²) in [5.41, 5.74) is 3.55. The third-order valence-electron chi connectivity index (χ3n) is 3.77. The molecule has 1 aliphatic rings. The van der Waals surface area contributed by atoms with Gasteiger partial charge in [-0.15, -0.1) is 0 Å². The minimum Gasteiger partial charge on any atom is -0.493 e. The van der Waals surface area contributed by atoms with Gasteiger partial charge in [0.1, 0.15) is 0 Å². The Labute approximate surface area is 119 Å². The van der Waals surface area contributed by atoms with Crippen molar-refractivity contribution in [1.82, 2.24) is 0 Å². The van der Waals surface area contributed by atoms with Crippen LogP contribution in [0.25, 0.3) is 5.57 Å². The van der Waals surface area contributed by atoms with E-state index in [9.17, 15) is 5.11 Å². The largest absolute Gasteiger partial charge is 0.493 e. The van der Waals surface area contributed by atoms with Crippen molar-refractivity contribution in [3.63, 3.8) is 0 Å². The van der Waals surface area contributed by atoms with E-state index in [1.165, 1.54) is 0 Å². The van der Waals surface area contributed by atoms with Crippen molar-refractivity contribution in [3.8, 4) is 0 Å². The Bertz CT molecular complexity index is 682. The second-order valence-electron chi connectivity index (χ2n) is 5.52. The summed E-state index contributed by atoms with van der Waals surface area (Å²) in [6.07, 6.45) is 0. The lowest BCUT2D eigenvalue weighted by molar-refractivity contribution is 0.410. The molecule has 100 valence electrons. The summed E-state index contributed by atoms with van der Waals surface area (Å²) in [6, 6.07) is 20.0. The number of allylic oxidation sites excluding steroid dienone is 1. The molecule has 1 heterocycles. The summed E-state index contributed by atoms with van der Waals surface area (Å²) >= 11 is 0. The number of nitrogens with zero attached hydrogens (tertiary/aromatic N) is 1. The van der Waals surface area contributed by atoms with Crippen LogP contribution in [0.1, 0.15) is 25.0 Å². The van der Waals surface area contributed by atoms with Gasteiger partial charge in [0, 0.05) is 11.0 Å². The molecule has 0 bridgehead atoms. The zero-order valence-corrected chi connectivity index (χ0v) is 11.7. The summed E-state index contributed by atoms with van der Waals surface area (Å²) in [5.74, 6) is 0.125. The Kier molecular flexibility index (Phi) is 2.94. The van der Waals surface area contributed by atoms with Crippen molar-refractivity contribution in [2.45, 2.75) is 13.8 Å². The summed E-state index contributed by atoms with van der Waals surface area (Å²) in [5, 5.41) is 10.3. The normalized spacial score (nSPS) is 17.2. The average Bonchev–Trinajstić information content (AvgIpc) is 2.70. The lowest BCUT2D eigenvalue weighted by atomic mass is 9.76. The van der Waals surface area contributed by atoms with Gasteiger partial charge in [-0.1, -0.05) is 60.7 Å². The molecule has 2 aromatic carbocycles. The molecule has 1 aliphatic heterocycles. The molecule has 0 amide bonds. The van der Waals surface area contributed by atoms with E-state index < -0.39 is 0 Å². The fraction of sp³-hybridized carbons (Fsp3) is 0.167. The zero-order chi connectivity index (χ0) is 14.2. The van der Waals surface area contributed by atoms with E-state index in [2.05, 4.69) is 18.8 Å². The Hall–Kier alpha value is -2.35. The topological polar surface area (TPSA) is 32.6 Å². The first-order valence-corrected chi connectivity index (χ1v) is 6.74. The Balaban J connectivity index is 2.08. The second kappa shape index (κ2) is 4.64. The van der Waals surface area contributed by atoms with Gasteiger partial charge in [-0.05, 0) is 25.0 Å². The predicted molar refractivity (Wildman–Crippen MR) is 82.8 cm³/mol. The highest BCUT2D eigenvalue weighted by atomic mass is 16.3. The molecule has 0 saturated carbocycles. The van der Waals surface area contributed by atoms with Crippen LogP contribution < -0.4 is 0 Å². The van der Waals surface area contributed by atoms with Gasteiger partial charge in [-0.2, -0.15) is 0 Å². The first-order valence-electron chi connectivity index (χ1n) is 6.74. The Morgan fingerprint density at radius 1 is 0.800 bits per heavy atom. The maximum Gasteiger partial charge on any atom is 0.215 e. The molecule has 0 atom stereocenters. The summed E-state index contributed by atoms with van der Waals surface area (Å²) in [4.78, 5) is 4.42. The van der Waals surface area contributed by atoms with Gasteiger partial charge in [0.25, 0.3) is 0 Å². The van der Waals surface area contributed by atoms with Crippen LogP contribution in [-0.4, -0.2) is 10.8 Å². The minimum atomic E-state index is -0.313. The molecule has 3 rings (SSSR count). The lowest BCUT2D eigenvalue weighted by Crippen LogP contribution is -2.23. The SMILES string of the molecule is CC1(C)C(c2ccccc2)=NC(O)=C1c1ccccc1. The van der Waals surface area contributed by atoms with Crippen molar-refractivity contribution in [1.29, 1.82) is 0 Å². The molecule has 2 heteroatoms. The molecule has 20 heavy (non-hydrogen) atoms. The van der Waals surface area contributed by atoms with Crippen LogP contribution >= 0.6 is 0 Å². The molecule has 1 N–H and O–H groups in total. The van der Waals surface area contributed by atoms with E-state index in [0.29, 0.717) is 0 Å². The van der Waals surface area contributed by atoms with Gasteiger partial charge in [0.15, 0.2) is 0 Å². The van der Waals surface area contributed by atoms with Crippen molar-refractivity contribution < 1.29 is 5.11 Å². The predicted octanol–water partition coefficient (Wildman–Crippen LogP) is 4.44. The van der Waals surface area contributed by atoms with E-state index >= 15 is 0 Å². The van der Waals surface area contributed by atoms with Gasteiger partial charge >= 0.3 is 0 Å². The molecule has 0 saturated heterocycles. The highest BCUT2D eigenvalue weighted by Crippen LogP contribution is 2.44. The van der Waals surface area contributed by atoms with Crippen LogP contribution in [0.4, 0.5) is 0 Å². The number of aliphatic imine (C=N–C) groups is 1. The van der Waals surface area contributed by atoms with Crippen LogP contribution in [-0.2, 0) is 0 Å². The molecule has 0 fully saturated rings. The van der Waals surface area contributed by atoms with E-state index in [1.54, 1.807) is 0 Å². The van der Waals surface area contributed by atoms with Crippen molar-refractivity contribution in [2.24, 2.45) is 10.4 Å². The summed E-state index contributed by atoms with van der Waals surface area (Å²) in [6.45, 7) is 4.20. The van der Waals surface area contributed by atoms with Crippen LogP contribution in [0.3, 0.4) is 0 Å². The van der Waals surface area contributed by atoms with Gasteiger partial charge in [-0.3, -0.25) is 0 Å². The molecular weight excluding hydrogens is 246 g/mol. The maximum absolute atomic E-state index is 10.3. The molecule has 0 unspecified atom stereocenters. The van der Waals surface area contributed by atoms with E-state index in [0.717, 1.165) is 22.4 Å². The quantitative estimate of drug-likeness (QED) is 0.853. The first-order chi connectivity index (χ1) is 9.60. The molecule has 0 spiro atoms. The van der Waals surface area contributed by atoms with Crippen LogP contribution in [0.5, 0.6) is 0 Å². The first kappa shape index (κ1) is 12.7. The van der Waals surface area contributed by atoms with Gasteiger partial charge in [0.2, 0.25) is 5.88 Å². The van der Waals surface area contributed by atoms with Crippen LogP contribution in [0, 0.1) is 5.41 Å². The highest BCUT2D eigenvalue weighted by Gasteiger charge is 2.38. The number of aliphatic hydroxyl groups excluding tert-OH is 1. The van der Waals surface area contributed by atoms with Gasteiger partial charge < -0.3 is 5.11 Å².